The molecule has 0 aromatic heterocycles. The fourth-order valence-electron chi connectivity index (χ4n) is 1.34. The molecule has 1 amide bonds. The fourth-order valence-corrected chi connectivity index (χ4v) is 1.34. The van der Waals surface area contributed by atoms with Gasteiger partial charge in [0.2, 0.25) is 0 Å². The van der Waals surface area contributed by atoms with Crippen LogP contribution in [-0.2, 0) is 4.74 Å². The monoisotopic (exact) mass is 156 g/mol. The van der Waals surface area contributed by atoms with E-state index in [2.05, 4.69) is 5.32 Å². The van der Waals surface area contributed by atoms with E-state index in [0.29, 0.717) is 6.61 Å². The zero-order valence-corrected chi connectivity index (χ0v) is 6.88. The van der Waals surface area contributed by atoms with Gasteiger partial charge in [0.1, 0.15) is 0 Å². The van der Waals surface area contributed by atoms with Crippen molar-refractivity contribution in [3.8, 4) is 0 Å². The van der Waals surface area contributed by atoms with Crippen molar-refractivity contribution < 1.29 is 9.53 Å². The van der Waals surface area contributed by atoms with Gasteiger partial charge in [0, 0.05) is 0 Å². The van der Waals surface area contributed by atoms with Crippen molar-refractivity contribution in [3.63, 3.8) is 0 Å². The van der Waals surface area contributed by atoms with Gasteiger partial charge in [-0.15, -0.1) is 0 Å². The van der Waals surface area contributed by atoms with Crippen molar-refractivity contribution in [3.05, 3.63) is 0 Å². The molecular formula is C8H14NO2. The van der Waals surface area contributed by atoms with Crippen LogP contribution in [-0.4, -0.2) is 18.7 Å². The Hall–Kier alpha value is -0.730. The van der Waals surface area contributed by atoms with Gasteiger partial charge in [-0.2, -0.15) is 0 Å². The van der Waals surface area contributed by atoms with Crippen LogP contribution in [0.1, 0.15) is 32.6 Å². The molecule has 0 aromatic rings. The first-order valence-electron chi connectivity index (χ1n) is 4.20. The van der Waals surface area contributed by atoms with Gasteiger partial charge in [-0.25, -0.2) is 10.1 Å². The lowest BCUT2D eigenvalue weighted by Gasteiger charge is -2.07. The van der Waals surface area contributed by atoms with Crippen LogP contribution in [0, 0.1) is 0 Å². The van der Waals surface area contributed by atoms with Gasteiger partial charge < -0.3 is 4.74 Å². The van der Waals surface area contributed by atoms with Gasteiger partial charge in [-0.05, 0) is 19.8 Å². The van der Waals surface area contributed by atoms with Crippen LogP contribution in [0.3, 0.4) is 0 Å². The second-order valence-electron chi connectivity index (χ2n) is 2.77. The molecule has 1 aliphatic rings. The lowest BCUT2D eigenvalue weighted by Crippen LogP contribution is -2.25. The first-order valence-corrected chi connectivity index (χ1v) is 4.20. The van der Waals surface area contributed by atoms with Crippen molar-refractivity contribution in [2.75, 3.05) is 6.61 Å². The van der Waals surface area contributed by atoms with E-state index >= 15 is 0 Å². The van der Waals surface area contributed by atoms with Crippen molar-refractivity contribution in [2.24, 2.45) is 0 Å². The van der Waals surface area contributed by atoms with Crippen LogP contribution in [0.4, 0.5) is 4.79 Å². The van der Waals surface area contributed by atoms with E-state index in [1.54, 1.807) is 6.92 Å². The van der Waals surface area contributed by atoms with Crippen LogP contribution in [0.15, 0.2) is 0 Å². The van der Waals surface area contributed by atoms with E-state index in [1.807, 2.05) is 0 Å². The molecule has 63 valence electrons. The SMILES string of the molecule is CCOC(=O)[N]C1CCCC1. The summed E-state index contributed by atoms with van der Waals surface area (Å²) >= 11 is 0. The number of amides is 1. The number of hydrogen-bond acceptors (Lipinski definition) is 2. The van der Waals surface area contributed by atoms with E-state index < -0.39 is 0 Å². The van der Waals surface area contributed by atoms with Crippen molar-refractivity contribution in [1.82, 2.24) is 5.32 Å². The van der Waals surface area contributed by atoms with Crippen molar-refractivity contribution in [2.45, 2.75) is 38.6 Å². The van der Waals surface area contributed by atoms with E-state index in [-0.39, 0.29) is 12.1 Å². The molecule has 1 fully saturated rings. The molecule has 0 unspecified atom stereocenters. The number of carbonyl (C=O) groups is 1. The maximum Gasteiger partial charge on any atom is 0.429 e. The third-order valence-electron chi connectivity index (χ3n) is 1.88. The smallest absolute Gasteiger partial charge is 0.429 e. The van der Waals surface area contributed by atoms with Crippen LogP contribution in [0.25, 0.3) is 0 Å². The van der Waals surface area contributed by atoms with E-state index in [4.69, 9.17) is 4.74 Å². The Morgan fingerprint density at radius 3 is 2.73 bits per heavy atom. The standard InChI is InChI=1S/C8H14NO2/c1-2-11-8(10)9-7-5-3-4-6-7/h7H,2-6H2,1H3. The van der Waals surface area contributed by atoms with Crippen molar-refractivity contribution in [1.29, 1.82) is 0 Å². The number of rotatable bonds is 2. The molecule has 0 aromatic carbocycles. The quantitative estimate of drug-likeness (QED) is 0.610. The summed E-state index contributed by atoms with van der Waals surface area (Å²) in [5.41, 5.74) is 0. The van der Waals surface area contributed by atoms with Crippen LogP contribution in [0.5, 0.6) is 0 Å². The summed E-state index contributed by atoms with van der Waals surface area (Å²) in [4.78, 5) is 10.8. The molecule has 3 nitrogen and oxygen atoms in total. The fraction of sp³-hybridized carbons (Fsp3) is 0.875. The highest BCUT2D eigenvalue weighted by atomic mass is 16.5. The Bertz CT molecular complexity index is 130. The number of ether oxygens (including phenoxy) is 1. The zero-order valence-electron chi connectivity index (χ0n) is 6.88. The molecule has 0 bridgehead atoms. The molecule has 11 heavy (non-hydrogen) atoms. The van der Waals surface area contributed by atoms with Gasteiger partial charge in [0.15, 0.2) is 0 Å². The van der Waals surface area contributed by atoms with E-state index in [9.17, 15) is 4.79 Å². The van der Waals surface area contributed by atoms with Gasteiger partial charge in [0.25, 0.3) is 0 Å². The van der Waals surface area contributed by atoms with Crippen LogP contribution >= 0.6 is 0 Å². The Balaban J connectivity index is 2.13. The molecule has 0 saturated heterocycles. The summed E-state index contributed by atoms with van der Waals surface area (Å²) in [6.45, 7) is 2.22. The second-order valence-corrected chi connectivity index (χ2v) is 2.77. The number of carbonyl (C=O) groups excluding carboxylic acids is 1. The molecule has 0 N–H and O–H groups in total. The summed E-state index contributed by atoms with van der Waals surface area (Å²) in [5, 5.41) is 3.90. The normalized spacial score (nSPS) is 18.3. The minimum Gasteiger partial charge on any atom is -0.448 e. The third-order valence-corrected chi connectivity index (χ3v) is 1.88. The summed E-state index contributed by atoms with van der Waals surface area (Å²) < 4.78 is 4.70. The minimum atomic E-state index is -0.389. The zero-order chi connectivity index (χ0) is 8.10. The predicted molar refractivity (Wildman–Crippen MR) is 41.4 cm³/mol. The first kappa shape index (κ1) is 8.37. The van der Waals surface area contributed by atoms with Crippen molar-refractivity contribution >= 4 is 6.09 Å². The van der Waals surface area contributed by atoms with Gasteiger partial charge in [0.05, 0.1) is 12.6 Å². The molecule has 3 heteroatoms. The molecule has 0 aliphatic heterocycles. The average Bonchev–Trinajstić information content (AvgIpc) is 2.40. The molecule has 0 atom stereocenters. The molecular weight excluding hydrogens is 142 g/mol. The van der Waals surface area contributed by atoms with Crippen LogP contribution in [0.2, 0.25) is 0 Å². The Morgan fingerprint density at radius 2 is 2.18 bits per heavy atom. The summed E-state index contributed by atoms with van der Waals surface area (Å²) in [6, 6.07) is 0.244. The van der Waals surface area contributed by atoms with E-state index in [0.717, 1.165) is 12.8 Å². The summed E-state index contributed by atoms with van der Waals surface area (Å²) in [5.74, 6) is 0. The first-order chi connectivity index (χ1) is 5.33. The maximum atomic E-state index is 10.8. The van der Waals surface area contributed by atoms with E-state index in [1.165, 1.54) is 12.8 Å². The summed E-state index contributed by atoms with van der Waals surface area (Å²) in [6.07, 6.45) is 4.12. The highest BCUT2D eigenvalue weighted by Crippen LogP contribution is 2.18. The van der Waals surface area contributed by atoms with Gasteiger partial charge in [-0.3, -0.25) is 0 Å². The van der Waals surface area contributed by atoms with Gasteiger partial charge in [-0.1, -0.05) is 12.8 Å². The Kier molecular flexibility index (Phi) is 3.20. The minimum absolute atomic E-state index is 0.244. The highest BCUT2D eigenvalue weighted by molar-refractivity contribution is 5.67. The molecule has 1 rings (SSSR count). The van der Waals surface area contributed by atoms with Gasteiger partial charge >= 0.3 is 6.09 Å². The highest BCUT2D eigenvalue weighted by Gasteiger charge is 2.19. The maximum absolute atomic E-state index is 10.8. The molecule has 1 radical (unpaired) electrons. The Labute approximate surface area is 67.1 Å². The Morgan fingerprint density at radius 1 is 1.55 bits per heavy atom. The lowest BCUT2D eigenvalue weighted by molar-refractivity contribution is 0.147. The third kappa shape index (κ3) is 2.78. The predicted octanol–water partition coefficient (Wildman–Crippen LogP) is 1.69. The molecule has 1 saturated carbocycles. The summed E-state index contributed by atoms with van der Waals surface area (Å²) in [7, 11) is 0. The second kappa shape index (κ2) is 4.21. The molecule has 0 spiro atoms. The number of hydrogen-bond donors (Lipinski definition) is 0. The average molecular weight is 156 g/mol. The molecule has 1 aliphatic carbocycles. The van der Waals surface area contributed by atoms with Crippen LogP contribution < -0.4 is 5.32 Å². The largest absolute Gasteiger partial charge is 0.448 e. The topological polar surface area (TPSA) is 40.4 Å². The molecule has 0 heterocycles. The lowest BCUT2D eigenvalue weighted by atomic mass is 10.3. The number of nitrogens with zero attached hydrogens (tertiary/aromatic N) is 1.